The molecule has 25 heavy (non-hydrogen) atoms. The van der Waals surface area contributed by atoms with E-state index in [9.17, 15) is 4.79 Å². The van der Waals surface area contributed by atoms with Crippen molar-refractivity contribution < 1.29 is 4.79 Å². The van der Waals surface area contributed by atoms with E-state index < -0.39 is 5.54 Å². The van der Waals surface area contributed by atoms with E-state index in [2.05, 4.69) is 42.5 Å². The largest absolute Gasteiger partial charge is 0.349 e. The molecule has 1 aromatic heterocycles. The van der Waals surface area contributed by atoms with Gasteiger partial charge in [0, 0.05) is 23.3 Å². The number of nitrogens with zero attached hydrogens (tertiary/aromatic N) is 2. The molecular formula is C19H27ClN4O. The second kappa shape index (κ2) is 7.18. The zero-order valence-electron chi connectivity index (χ0n) is 15.3. The smallest absolute Gasteiger partial charge is 0.272 e. The Labute approximate surface area is 155 Å². The number of carbonyl (C=O) groups is 1. The van der Waals surface area contributed by atoms with Crippen molar-refractivity contribution >= 4 is 18.3 Å². The van der Waals surface area contributed by atoms with Crippen LogP contribution in [0.15, 0.2) is 18.2 Å². The molecule has 0 unspecified atom stereocenters. The molecule has 1 heterocycles. The van der Waals surface area contributed by atoms with Crippen LogP contribution in [0.1, 0.15) is 53.1 Å². The van der Waals surface area contributed by atoms with Gasteiger partial charge in [-0.2, -0.15) is 5.10 Å². The highest BCUT2D eigenvalue weighted by Gasteiger charge is 2.27. The van der Waals surface area contributed by atoms with Crippen molar-refractivity contribution in [2.75, 3.05) is 6.54 Å². The third-order valence-electron chi connectivity index (χ3n) is 4.43. The predicted octanol–water partition coefficient (Wildman–Crippen LogP) is 2.87. The van der Waals surface area contributed by atoms with Crippen LogP contribution in [0, 0.1) is 13.8 Å². The Morgan fingerprint density at radius 3 is 2.68 bits per heavy atom. The van der Waals surface area contributed by atoms with Crippen LogP contribution < -0.4 is 11.1 Å². The molecule has 0 spiro atoms. The molecule has 136 valence electrons. The van der Waals surface area contributed by atoms with Crippen molar-refractivity contribution in [3.8, 4) is 5.69 Å². The fourth-order valence-electron chi connectivity index (χ4n) is 3.25. The van der Waals surface area contributed by atoms with Crippen molar-refractivity contribution in [3.63, 3.8) is 0 Å². The van der Waals surface area contributed by atoms with Crippen molar-refractivity contribution in [1.82, 2.24) is 15.1 Å². The normalized spacial score (nSPS) is 13.3. The number of rotatable bonds is 4. The van der Waals surface area contributed by atoms with Crippen molar-refractivity contribution in [2.24, 2.45) is 5.73 Å². The van der Waals surface area contributed by atoms with Gasteiger partial charge in [-0.25, -0.2) is 4.68 Å². The van der Waals surface area contributed by atoms with Crippen molar-refractivity contribution in [2.45, 2.75) is 52.5 Å². The van der Waals surface area contributed by atoms with Crippen LogP contribution in [0.3, 0.4) is 0 Å². The Hall–Kier alpha value is -1.85. The maximum atomic E-state index is 12.6. The number of hydrogen-bond donors (Lipinski definition) is 2. The van der Waals surface area contributed by atoms with Crippen LogP contribution in [0.25, 0.3) is 5.69 Å². The van der Waals surface area contributed by atoms with Gasteiger partial charge in [0.15, 0.2) is 5.69 Å². The minimum Gasteiger partial charge on any atom is -0.349 e. The lowest BCUT2D eigenvalue weighted by Crippen LogP contribution is -2.45. The third kappa shape index (κ3) is 4.05. The van der Waals surface area contributed by atoms with Gasteiger partial charge < -0.3 is 11.1 Å². The van der Waals surface area contributed by atoms with Gasteiger partial charge in [-0.1, -0.05) is 17.7 Å². The summed E-state index contributed by atoms with van der Waals surface area (Å²) in [5.41, 5.74) is 11.8. The first-order valence-electron chi connectivity index (χ1n) is 8.52. The number of hydrogen-bond acceptors (Lipinski definition) is 3. The van der Waals surface area contributed by atoms with E-state index in [1.165, 1.54) is 16.8 Å². The molecule has 1 aliphatic rings. The van der Waals surface area contributed by atoms with Gasteiger partial charge in [0.05, 0.1) is 5.69 Å². The average molecular weight is 363 g/mol. The van der Waals surface area contributed by atoms with Gasteiger partial charge in [0.25, 0.3) is 5.91 Å². The van der Waals surface area contributed by atoms with Crippen LogP contribution in [0.5, 0.6) is 0 Å². The van der Waals surface area contributed by atoms with Crippen molar-refractivity contribution in [3.05, 3.63) is 46.3 Å². The molecule has 0 aliphatic heterocycles. The number of nitrogens with two attached hydrogens (primary N) is 1. The Balaban J connectivity index is 0.00000225. The highest BCUT2D eigenvalue weighted by Crippen LogP contribution is 2.29. The molecule has 5 nitrogen and oxygen atoms in total. The molecular weight excluding hydrogens is 336 g/mol. The monoisotopic (exact) mass is 362 g/mol. The summed E-state index contributed by atoms with van der Waals surface area (Å²) in [6.45, 7) is 8.38. The minimum atomic E-state index is -0.436. The molecule has 3 N–H and O–H groups in total. The number of carbonyl (C=O) groups excluding carboxylic acids is 1. The van der Waals surface area contributed by atoms with Crippen LogP contribution in [0.2, 0.25) is 0 Å². The Morgan fingerprint density at radius 2 is 2.04 bits per heavy atom. The number of benzene rings is 1. The van der Waals surface area contributed by atoms with E-state index in [0.29, 0.717) is 12.2 Å². The van der Waals surface area contributed by atoms with E-state index in [1.807, 2.05) is 18.5 Å². The fraction of sp³-hybridized carbons (Fsp3) is 0.474. The van der Waals surface area contributed by atoms with E-state index in [4.69, 9.17) is 5.73 Å². The van der Waals surface area contributed by atoms with Gasteiger partial charge in [-0.05, 0) is 58.6 Å². The van der Waals surface area contributed by atoms with Gasteiger partial charge in [-0.3, -0.25) is 4.79 Å². The highest BCUT2D eigenvalue weighted by atomic mass is 35.5. The Kier molecular flexibility index (Phi) is 5.59. The second-order valence-electron chi connectivity index (χ2n) is 7.50. The molecule has 0 radical (unpaired) electrons. The molecule has 3 rings (SSSR count). The highest BCUT2D eigenvalue weighted by molar-refractivity contribution is 5.94. The predicted molar refractivity (Wildman–Crippen MR) is 103 cm³/mol. The first kappa shape index (κ1) is 19.5. The summed E-state index contributed by atoms with van der Waals surface area (Å²) in [5, 5.41) is 7.57. The lowest BCUT2D eigenvalue weighted by molar-refractivity contribution is 0.0939. The number of nitrogens with one attached hydrogen (secondary N) is 1. The van der Waals surface area contributed by atoms with Crippen LogP contribution in [0.4, 0.5) is 0 Å². The van der Waals surface area contributed by atoms with Crippen LogP contribution in [-0.4, -0.2) is 27.8 Å². The molecule has 1 aliphatic carbocycles. The lowest BCUT2D eigenvalue weighted by Gasteiger charge is -2.18. The maximum Gasteiger partial charge on any atom is 0.272 e. The van der Waals surface area contributed by atoms with E-state index in [0.717, 1.165) is 30.5 Å². The van der Waals surface area contributed by atoms with Gasteiger partial charge >= 0.3 is 0 Å². The number of aromatic nitrogens is 2. The summed E-state index contributed by atoms with van der Waals surface area (Å²) < 4.78 is 1.96. The van der Waals surface area contributed by atoms with Crippen LogP contribution >= 0.6 is 12.4 Å². The molecule has 0 saturated carbocycles. The van der Waals surface area contributed by atoms with Gasteiger partial charge in [0.1, 0.15) is 0 Å². The molecule has 0 bridgehead atoms. The third-order valence-corrected chi connectivity index (χ3v) is 4.43. The van der Waals surface area contributed by atoms with Crippen molar-refractivity contribution in [1.29, 1.82) is 0 Å². The second-order valence-corrected chi connectivity index (χ2v) is 7.50. The van der Waals surface area contributed by atoms with E-state index in [-0.39, 0.29) is 18.3 Å². The molecule has 0 fully saturated rings. The first-order valence-corrected chi connectivity index (χ1v) is 8.52. The van der Waals surface area contributed by atoms with Gasteiger partial charge in [0.2, 0.25) is 0 Å². The molecule has 2 aromatic rings. The van der Waals surface area contributed by atoms with Gasteiger partial charge in [-0.15, -0.1) is 12.4 Å². The quantitative estimate of drug-likeness (QED) is 0.878. The van der Waals surface area contributed by atoms with Crippen LogP contribution in [-0.2, 0) is 12.8 Å². The molecule has 1 aromatic carbocycles. The summed E-state index contributed by atoms with van der Waals surface area (Å²) in [7, 11) is 0. The lowest BCUT2D eigenvalue weighted by atomic mass is 10.1. The standard InChI is InChI=1S/C19H26N4O.ClH/c1-12-8-9-15(13(2)10-12)23-16-7-5-6-14(16)17(22-23)18(24)21-11-19(3,4)20;/h8-10H,5-7,11,20H2,1-4H3,(H,21,24);1H. The molecule has 1 amide bonds. The number of amides is 1. The molecule has 0 atom stereocenters. The first-order chi connectivity index (χ1) is 11.3. The number of aryl methyl sites for hydroxylation is 2. The molecule has 0 saturated heterocycles. The fourth-order valence-corrected chi connectivity index (χ4v) is 3.25. The maximum absolute atomic E-state index is 12.6. The minimum absolute atomic E-state index is 0. The zero-order chi connectivity index (χ0) is 17.5. The summed E-state index contributed by atoms with van der Waals surface area (Å²) in [6, 6.07) is 6.32. The SMILES string of the molecule is Cc1ccc(-n2nc(C(=O)NCC(C)(C)N)c3c2CCC3)c(C)c1.Cl. The Bertz CT molecular complexity index is 789. The zero-order valence-corrected chi connectivity index (χ0v) is 16.2. The average Bonchev–Trinajstić information content (AvgIpc) is 3.06. The number of halogens is 1. The summed E-state index contributed by atoms with van der Waals surface area (Å²) in [6.07, 6.45) is 2.95. The summed E-state index contributed by atoms with van der Waals surface area (Å²) in [4.78, 5) is 12.6. The Morgan fingerprint density at radius 1 is 1.32 bits per heavy atom. The van der Waals surface area contributed by atoms with E-state index >= 15 is 0 Å². The topological polar surface area (TPSA) is 72.9 Å². The number of fused-ring (bicyclic) bond motifs is 1. The van der Waals surface area contributed by atoms with E-state index in [1.54, 1.807) is 0 Å². The summed E-state index contributed by atoms with van der Waals surface area (Å²) >= 11 is 0. The molecule has 6 heteroatoms. The summed E-state index contributed by atoms with van der Waals surface area (Å²) in [5.74, 6) is -0.129.